The van der Waals surface area contributed by atoms with E-state index in [1.54, 1.807) is 11.3 Å². The van der Waals surface area contributed by atoms with Crippen molar-refractivity contribution in [1.29, 1.82) is 0 Å². The van der Waals surface area contributed by atoms with Gasteiger partial charge in [0.15, 0.2) is 0 Å². The van der Waals surface area contributed by atoms with E-state index in [1.807, 2.05) is 29.6 Å². The van der Waals surface area contributed by atoms with Crippen LogP contribution in [0.1, 0.15) is 48.4 Å². The molecule has 2 aromatic rings. The Morgan fingerprint density at radius 3 is 2.60 bits per heavy atom. The smallest absolute Gasteiger partial charge is 0.236 e. The van der Waals surface area contributed by atoms with Crippen molar-refractivity contribution >= 4 is 34.8 Å². The minimum atomic E-state index is -0.404. The molecule has 25 heavy (non-hydrogen) atoms. The summed E-state index contributed by atoms with van der Waals surface area (Å²) >= 11 is 7.47. The second-order valence-electron chi connectivity index (χ2n) is 6.99. The van der Waals surface area contributed by atoms with E-state index in [4.69, 9.17) is 11.6 Å². The Kier molecular flexibility index (Phi) is 4.38. The number of likely N-dealkylation sites (tertiary alicyclic amines) is 1. The molecule has 1 saturated carbocycles. The Bertz CT molecular complexity index is 809. The molecule has 2 fully saturated rings. The highest BCUT2D eigenvalue weighted by atomic mass is 35.5. The van der Waals surface area contributed by atoms with E-state index >= 15 is 0 Å². The van der Waals surface area contributed by atoms with Crippen LogP contribution in [0.25, 0.3) is 0 Å². The number of rotatable bonds is 4. The van der Waals surface area contributed by atoms with Gasteiger partial charge in [-0.2, -0.15) is 0 Å². The van der Waals surface area contributed by atoms with Crippen molar-refractivity contribution in [2.24, 2.45) is 5.41 Å². The second-order valence-corrected chi connectivity index (χ2v) is 8.36. The van der Waals surface area contributed by atoms with Gasteiger partial charge in [0.1, 0.15) is 0 Å². The number of amides is 2. The lowest BCUT2D eigenvalue weighted by Crippen LogP contribution is -2.34. The number of carbonyl (C=O) groups is 2. The molecule has 2 amide bonds. The molecule has 0 radical (unpaired) electrons. The standard InChI is InChI=1S/C19H19ClN2O2S/c20-14-5-3-13(4-6-14)9-16-21-15(12-25-16)11-22-17(23)10-19(18(22)24)7-1-2-8-19/h3-6,12H,1-2,7-11H2. The summed E-state index contributed by atoms with van der Waals surface area (Å²) in [6, 6.07) is 7.71. The lowest BCUT2D eigenvalue weighted by atomic mass is 9.84. The molecule has 1 aromatic carbocycles. The number of thiazole rings is 1. The van der Waals surface area contributed by atoms with Gasteiger partial charge in [0.05, 0.1) is 22.7 Å². The Hall–Kier alpha value is -1.72. The van der Waals surface area contributed by atoms with Crippen LogP contribution < -0.4 is 0 Å². The van der Waals surface area contributed by atoms with E-state index in [1.165, 1.54) is 4.90 Å². The molecule has 0 unspecified atom stereocenters. The van der Waals surface area contributed by atoms with Crippen LogP contribution in [0.15, 0.2) is 29.6 Å². The SMILES string of the molecule is O=C1CC2(CCCC2)C(=O)N1Cc1csc(Cc2ccc(Cl)cc2)n1. The zero-order chi connectivity index (χ0) is 17.4. The van der Waals surface area contributed by atoms with Crippen LogP contribution in [0.5, 0.6) is 0 Å². The summed E-state index contributed by atoms with van der Waals surface area (Å²) in [6.45, 7) is 0.302. The van der Waals surface area contributed by atoms with Crippen LogP contribution in [0.3, 0.4) is 0 Å². The van der Waals surface area contributed by atoms with Gasteiger partial charge in [0, 0.05) is 23.2 Å². The molecule has 0 bridgehead atoms. The first-order chi connectivity index (χ1) is 12.1. The van der Waals surface area contributed by atoms with Crippen LogP contribution in [-0.4, -0.2) is 21.7 Å². The van der Waals surface area contributed by atoms with Crippen LogP contribution in [-0.2, 0) is 22.6 Å². The normalized spacial score (nSPS) is 19.3. The molecule has 2 heterocycles. The van der Waals surface area contributed by atoms with E-state index in [9.17, 15) is 9.59 Å². The molecule has 4 nitrogen and oxygen atoms in total. The first-order valence-electron chi connectivity index (χ1n) is 8.58. The Morgan fingerprint density at radius 1 is 1.16 bits per heavy atom. The molecule has 2 aliphatic rings. The van der Waals surface area contributed by atoms with E-state index in [0.717, 1.165) is 53.4 Å². The van der Waals surface area contributed by atoms with Gasteiger partial charge in [-0.1, -0.05) is 36.6 Å². The highest BCUT2D eigenvalue weighted by Crippen LogP contribution is 2.47. The van der Waals surface area contributed by atoms with Crippen LogP contribution in [0, 0.1) is 5.41 Å². The molecule has 1 saturated heterocycles. The highest BCUT2D eigenvalue weighted by molar-refractivity contribution is 7.09. The average molecular weight is 375 g/mol. The van der Waals surface area contributed by atoms with Gasteiger partial charge in [0.2, 0.25) is 11.8 Å². The maximum absolute atomic E-state index is 12.7. The summed E-state index contributed by atoms with van der Waals surface area (Å²) in [6.07, 6.45) is 4.92. The van der Waals surface area contributed by atoms with Gasteiger partial charge in [-0.05, 0) is 30.5 Å². The van der Waals surface area contributed by atoms with E-state index in [-0.39, 0.29) is 11.8 Å². The van der Waals surface area contributed by atoms with Crippen LogP contribution in [0.4, 0.5) is 0 Å². The van der Waals surface area contributed by atoms with Gasteiger partial charge in [0.25, 0.3) is 0 Å². The molecular formula is C19H19ClN2O2S. The first-order valence-corrected chi connectivity index (χ1v) is 9.84. The molecule has 4 rings (SSSR count). The van der Waals surface area contributed by atoms with Crippen LogP contribution in [0.2, 0.25) is 5.02 Å². The monoisotopic (exact) mass is 374 g/mol. The molecule has 1 aliphatic heterocycles. The predicted octanol–water partition coefficient (Wildman–Crippen LogP) is 4.21. The molecule has 0 atom stereocenters. The summed E-state index contributed by atoms with van der Waals surface area (Å²) in [5, 5.41) is 3.65. The molecule has 6 heteroatoms. The van der Waals surface area contributed by atoms with Crippen LogP contribution >= 0.6 is 22.9 Å². The topological polar surface area (TPSA) is 50.3 Å². The lowest BCUT2D eigenvalue weighted by Gasteiger charge is -2.20. The van der Waals surface area contributed by atoms with E-state index in [0.29, 0.717) is 13.0 Å². The van der Waals surface area contributed by atoms with Crippen molar-refractivity contribution < 1.29 is 9.59 Å². The molecule has 1 spiro atoms. The first kappa shape index (κ1) is 16.7. The number of nitrogens with zero attached hydrogens (tertiary/aromatic N) is 2. The third kappa shape index (κ3) is 3.23. The number of carbonyl (C=O) groups excluding carboxylic acids is 2. The van der Waals surface area contributed by atoms with Crippen molar-refractivity contribution in [1.82, 2.24) is 9.88 Å². The van der Waals surface area contributed by atoms with Crippen molar-refractivity contribution in [2.75, 3.05) is 0 Å². The van der Waals surface area contributed by atoms with Crippen molar-refractivity contribution in [2.45, 2.75) is 45.1 Å². The fourth-order valence-corrected chi connectivity index (χ4v) is 4.85. The summed E-state index contributed by atoms with van der Waals surface area (Å²) in [5.74, 6) is -0.0265. The summed E-state index contributed by atoms with van der Waals surface area (Å²) in [5.41, 5.74) is 1.54. The number of hydrogen-bond donors (Lipinski definition) is 0. The fourth-order valence-electron chi connectivity index (χ4n) is 3.90. The Morgan fingerprint density at radius 2 is 1.88 bits per heavy atom. The second kappa shape index (κ2) is 6.54. The maximum atomic E-state index is 12.7. The Labute approximate surface area is 155 Å². The van der Waals surface area contributed by atoms with Gasteiger partial charge < -0.3 is 0 Å². The molecule has 0 N–H and O–H groups in total. The predicted molar refractivity (Wildman–Crippen MR) is 97.4 cm³/mol. The third-order valence-corrected chi connectivity index (χ3v) is 6.39. The molecule has 1 aliphatic carbocycles. The fraction of sp³-hybridized carbons (Fsp3) is 0.421. The highest BCUT2D eigenvalue weighted by Gasteiger charge is 2.52. The summed E-state index contributed by atoms with van der Waals surface area (Å²) in [4.78, 5) is 31.1. The van der Waals surface area contributed by atoms with Gasteiger partial charge in [-0.3, -0.25) is 14.5 Å². The van der Waals surface area contributed by atoms with E-state index in [2.05, 4.69) is 4.98 Å². The Balaban J connectivity index is 1.45. The van der Waals surface area contributed by atoms with Gasteiger partial charge in [-0.15, -0.1) is 11.3 Å². The number of hydrogen-bond acceptors (Lipinski definition) is 4. The number of benzene rings is 1. The van der Waals surface area contributed by atoms with Crippen molar-refractivity contribution in [3.8, 4) is 0 Å². The summed E-state index contributed by atoms with van der Waals surface area (Å²) < 4.78 is 0. The zero-order valence-electron chi connectivity index (χ0n) is 13.8. The quantitative estimate of drug-likeness (QED) is 0.753. The molecular weight excluding hydrogens is 356 g/mol. The largest absolute Gasteiger partial charge is 0.276 e. The minimum absolute atomic E-state index is 0.0160. The van der Waals surface area contributed by atoms with Crippen molar-refractivity contribution in [3.05, 3.63) is 50.9 Å². The third-order valence-electron chi connectivity index (χ3n) is 5.24. The number of halogens is 1. The maximum Gasteiger partial charge on any atom is 0.236 e. The molecule has 130 valence electrons. The number of imide groups is 1. The zero-order valence-corrected chi connectivity index (χ0v) is 15.4. The van der Waals surface area contributed by atoms with E-state index < -0.39 is 5.41 Å². The average Bonchev–Trinajstić information content (AvgIpc) is 3.29. The lowest BCUT2D eigenvalue weighted by molar-refractivity contribution is -0.142. The molecule has 1 aromatic heterocycles. The van der Waals surface area contributed by atoms with Crippen molar-refractivity contribution in [3.63, 3.8) is 0 Å². The summed E-state index contributed by atoms with van der Waals surface area (Å²) in [7, 11) is 0. The van der Waals surface area contributed by atoms with Gasteiger partial charge >= 0.3 is 0 Å². The minimum Gasteiger partial charge on any atom is -0.276 e. The van der Waals surface area contributed by atoms with Gasteiger partial charge in [-0.25, -0.2) is 4.98 Å². The number of aromatic nitrogens is 1.